The molecule has 0 unspecified atom stereocenters. The molecule has 1 N–H and O–H groups in total. The highest BCUT2D eigenvalue weighted by Crippen LogP contribution is 2.05. The first-order valence-electron chi connectivity index (χ1n) is 3.21. The fourth-order valence-electron chi connectivity index (χ4n) is 0.572. The van der Waals surface area contributed by atoms with Crippen LogP contribution in [0.1, 0.15) is 0 Å². The van der Waals surface area contributed by atoms with Crippen LogP contribution in [0.15, 0.2) is 15.0 Å². The Balaban J connectivity index is 2.67. The molecule has 0 amide bonds. The van der Waals surface area contributed by atoms with Gasteiger partial charge in [-0.15, -0.1) is 0 Å². The van der Waals surface area contributed by atoms with E-state index in [4.69, 9.17) is 5.11 Å². The Bertz CT molecular complexity index is 260. The Hall–Kier alpha value is -1.17. The second-order valence-corrected chi connectivity index (χ2v) is 2.79. The Morgan fingerprint density at radius 3 is 3.25 bits per heavy atom. The van der Waals surface area contributed by atoms with E-state index in [9.17, 15) is 4.79 Å². The normalized spacial score (nSPS) is 17.5. The van der Waals surface area contributed by atoms with E-state index >= 15 is 0 Å². The highest BCUT2D eigenvalue weighted by atomic mass is 32.2. The summed E-state index contributed by atoms with van der Waals surface area (Å²) in [5.41, 5.74) is 0. The number of hydrogen-bond donors (Lipinski definition) is 1. The van der Waals surface area contributed by atoms with Crippen molar-refractivity contribution in [1.82, 2.24) is 0 Å². The van der Waals surface area contributed by atoms with Crippen molar-refractivity contribution in [3.05, 3.63) is 0 Å². The Kier molecular flexibility index (Phi) is 3.46. The van der Waals surface area contributed by atoms with E-state index in [-0.39, 0.29) is 5.04 Å². The van der Waals surface area contributed by atoms with E-state index in [2.05, 4.69) is 15.0 Å². The maximum atomic E-state index is 10.5. The predicted molar refractivity (Wildman–Crippen MR) is 49.4 cm³/mol. The van der Waals surface area contributed by atoms with Gasteiger partial charge in [0, 0.05) is 6.21 Å². The number of carbonyl (C=O) groups is 1. The molecular weight excluding hydrogens is 178 g/mol. The van der Waals surface area contributed by atoms with Gasteiger partial charge in [-0.2, -0.15) is 0 Å². The number of aliphatic carboxylic acids is 1. The SMILES string of the molecule is O=C(O)C1=NCC=NC=NCS1. The van der Waals surface area contributed by atoms with Crippen molar-refractivity contribution >= 4 is 35.3 Å². The first-order valence-corrected chi connectivity index (χ1v) is 4.20. The fourth-order valence-corrected chi connectivity index (χ4v) is 1.12. The first kappa shape index (κ1) is 8.92. The predicted octanol–water partition coefficient (Wildman–Crippen LogP) is 0.273. The molecule has 0 aromatic rings. The van der Waals surface area contributed by atoms with E-state index in [1.807, 2.05) is 0 Å². The highest BCUT2D eigenvalue weighted by Gasteiger charge is 2.08. The molecule has 5 nitrogen and oxygen atoms in total. The van der Waals surface area contributed by atoms with E-state index < -0.39 is 5.97 Å². The van der Waals surface area contributed by atoms with Gasteiger partial charge in [0.25, 0.3) is 0 Å². The maximum absolute atomic E-state index is 10.5. The number of thioether (sulfide) groups is 1. The molecule has 0 atom stereocenters. The van der Waals surface area contributed by atoms with Gasteiger partial charge in [-0.05, 0) is 0 Å². The van der Waals surface area contributed by atoms with Gasteiger partial charge in [0.05, 0.1) is 12.4 Å². The van der Waals surface area contributed by atoms with Gasteiger partial charge in [0.15, 0.2) is 5.04 Å². The standard InChI is InChI=1S/C6H7N3O2S/c10-6(11)5-9-2-1-7-3-8-4-12-5/h1,3H,2,4H2,(H,10,11). The smallest absolute Gasteiger partial charge is 0.360 e. The molecule has 0 aliphatic carbocycles. The summed E-state index contributed by atoms with van der Waals surface area (Å²) in [6, 6.07) is 0. The molecule has 1 rings (SSSR count). The molecule has 0 aromatic carbocycles. The summed E-state index contributed by atoms with van der Waals surface area (Å²) >= 11 is 1.09. The van der Waals surface area contributed by atoms with Crippen LogP contribution in [-0.2, 0) is 4.79 Å². The van der Waals surface area contributed by atoms with Gasteiger partial charge in [0.2, 0.25) is 0 Å². The van der Waals surface area contributed by atoms with Crippen LogP contribution in [0.2, 0.25) is 0 Å². The molecule has 64 valence electrons. The zero-order valence-electron chi connectivity index (χ0n) is 6.17. The molecule has 0 bridgehead atoms. The van der Waals surface area contributed by atoms with Crippen molar-refractivity contribution in [2.75, 3.05) is 12.4 Å². The molecule has 0 spiro atoms. The summed E-state index contributed by atoms with van der Waals surface area (Å²) in [5, 5.41) is 8.68. The van der Waals surface area contributed by atoms with E-state index in [0.717, 1.165) is 11.8 Å². The Morgan fingerprint density at radius 2 is 2.50 bits per heavy atom. The average Bonchev–Trinajstić information content (AvgIpc) is 2.15. The second-order valence-electron chi connectivity index (χ2n) is 1.85. The zero-order chi connectivity index (χ0) is 8.81. The first-order chi connectivity index (χ1) is 5.80. The summed E-state index contributed by atoms with van der Waals surface area (Å²) in [6.45, 7) is 0.292. The summed E-state index contributed by atoms with van der Waals surface area (Å²) in [4.78, 5) is 21.9. The number of aliphatic imine (C=N–C) groups is 3. The van der Waals surface area contributed by atoms with Crippen molar-refractivity contribution in [2.24, 2.45) is 15.0 Å². The lowest BCUT2D eigenvalue weighted by molar-refractivity contribution is -0.129. The van der Waals surface area contributed by atoms with Crippen LogP contribution in [0.4, 0.5) is 0 Å². The van der Waals surface area contributed by atoms with Gasteiger partial charge >= 0.3 is 5.97 Å². The molecule has 0 fully saturated rings. The third-order valence-corrected chi connectivity index (χ3v) is 1.88. The zero-order valence-corrected chi connectivity index (χ0v) is 6.99. The second kappa shape index (κ2) is 4.66. The summed E-state index contributed by atoms with van der Waals surface area (Å²) in [6.07, 6.45) is 2.91. The number of nitrogens with zero attached hydrogens (tertiary/aromatic N) is 3. The van der Waals surface area contributed by atoms with Gasteiger partial charge in [0.1, 0.15) is 6.34 Å². The average molecular weight is 185 g/mol. The third kappa shape index (κ3) is 2.83. The van der Waals surface area contributed by atoms with Crippen molar-refractivity contribution in [3.63, 3.8) is 0 Å². The molecule has 1 heterocycles. The van der Waals surface area contributed by atoms with E-state index in [0.29, 0.717) is 12.4 Å². The molecule has 0 aromatic heterocycles. The maximum Gasteiger partial charge on any atom is 0.360 e. The van der Waals surface area contributed by atoms with Gasteiger partial charge in [-0.25, -0.2) is 9.79 Å². The fraction of sp³-hybridized carbons (Fsp3) is 0.333. The third-order valence-electron chi connectivity index (χ3n) is 1.03. The van der Waals surface area contributed by atoms with Crippen molar-refractivity contribution in [3.8, 4) is 0 Å². The van der Waals surface area contributed by atoms with Crippen LogP contribution in [0.3, 0.4) is 0 Å². The largest absolute Gasteiger partial charge is 0.476 e. The summed E-state index contributed by atoms with van der Waals surface area (Å²) in [5.74, 6) is -0.659. The van der Waals surface area contributed by atoms with E-state index in [1.165, 1.54) is 12.6 Å². The lowest BCUT2D eigenvalue weighted by Gasteiger charge is -1.95. The summed E-state index contributed by atoms with van der Waals surface area (Å²) in [7, 11) is 0. The van der Waals surface area contributed by atoms with Crippen LogP contribution >= 0.6 is 11.8 Å². The van der Waals surface area contributed by atoms with Crippen LogP contribution in [0, 0.1) is 0 Å². The highest BCUT2D eigenvalue weighted by molar-refractivity contribution is 8.15. The molecule has 6 heteroatoms. The monoisotopic (exact) mass is 185 g/mol. The molecule has 1 aliphatic heterocycles. The lowest BCUT2D eigenvalue weighted by atomic mass is 10.7. The molecular formula is C6H7N3O2S. The van der Waals surface area contributed by atoms with Gasteiger partial charge in [-0.1, -0.05) is 11.8 Å². The molecule has 1 aliphatic rings. The molecule has 0 saturated carbocycles. The lowest BCUT2D eigenvalue weighted by Crippen LogP contribution is -2.09. The van der Waals surface area contributed by atoms with Crippen LogP contribution < -0.4 is 0 Å². The number of rotatable bonds is 1. The van der Waals surface area contributed by atoms with Crippen LogP contribution in [0.5, 0.6) is 0 Å². The minimum atomic E-state index is -1.01. The molecule has 0 radical (unpaired) electrons. The number of carboxylic acids is 1. The minimum Gasteiger partial charge on any atom is -0.476 e. The van der Waals surface area contributed by atoms with Crippen molar-refractivity contribution < 1.29 is 9.90 Å². The molecule has 0 saturated heterocycles. The Morgan fingerprint density at radius 1 is 1.67 bits per heavy atom. The minimum absolute atomic E-state index is 0.0838. The quantitative estimate of drug-likeness (QED) is 0.637. The Labute approximate surface area is 73.3 Å². The van der Waals surface area contributed by atoms with E-state index in [1.54, 1.807) is 0 Å². The number of carboxylic acid groups (broad SMARTS) is 1. The van der Waals surface area contributed by atoms with Gasteiger partial charge < -0.3 is 5.11 Å². The summed E-state index contributed by atoms with van der Waals surface area (Å²) < 4.78 is 0. The molecule has 12 heavy (non-hydrogen) atoms. The number of hydrogen-bond acceptors (Lipinski definition) is 5. The van der Waals surface area contributed by atoms with Crippen LogP contribution in [-0.4, -0.2) is 41.1 Å². The van der Waals surface area contributed by atoms with Gasteiger partial charge in [-0.3, -0.25) is 9.98 Å². The topological polar surface area (TPSA) is 74.4 Å². The van der Waals surface area contributed by atoms with Crippen molar-refractivity contribution in [1.29, 1.82) is 0 Å². The van der Waals surface area contributed by atoms with Crippen molar-refractivity contribution in [2.45, 2.75) is 0 Å². The van der Waals surface area contributed by atoms with Crippen LogP contribution in [0.25, 0.3) is 0 Å².